The second-order valence-electron chi connectivity index (χ2n) is 8.76. The number of carbonyl (C=O) groups excluding carboxylic acids is 1. The van der Waals surface area contributed by atoms with Gasteiger partial charge in [-0.15, -0.1) is 11.3 Å². The summed E-state index contributed by atoms with van der Waals surface area (Å²) in [5.74, 6) is 1.66. The number of hydrogen-bond donors (Lipinski definition) is 0. The van der Waals surface area contributed by atoms with Crippen LogP contribution in [-0.2, 0) is 4.79 Å². The van der Waals surface area contributed by atoms with Crippen molar-refractivity contribution in [2.45, 2.75) is 39.2 Å². The lowest BCUT2D eigenvalue weighted by Gasteiger charge is -2.34. The molecular weight excluding hydrogens is 470 g/mol. The highest BCUT2D eigenvalue weighted by Gasteiger charge is 2.33. The molecule has 2 aromatic carbocycles. The number of amides is 1. The minimum absolute atomic E-state index is 0.00873. The molecular formula is C29H29N3O3S. The normalized spacial score (nSPS) is 14.9. The number of para-hydroxylation sites is 1. The van der Waals surface area contributed by atoms with Crippen molar-refractivity contribution in [1.29, 1.82) is 0 Å². The number of nitrogens with zero attached hydrogens (tertiary/aromatic N) is 3. The Kier molecular flexibility index (Phi) is 7.28. The van der Waals surface area contributed by atoms with Gasteiger partial charge in [0.1, 0.15) is 16.5 Å². The molecule has 4 aromatic rings. The van der Waals surface area contributed by atoms with E-state index in [2.05, 4.69) is 4.98 Å². The summed E-state index contributed by atoms with van der Waals surface area (Å²) < 4.78 is 12.0. The van der Waals surface area contributed by atoms with Crippen molar-refractivity contribution in [2.24, 2.45) is 0 Å². The summed E-state index contributed by atoms with van der Waals surface area (Å²) >= 11 is 1.56. The predicted molar refractivity (Wildman–Crippen MR) is 144 cm³/mol. The van der Waals surface area contributed by atoms with Gasteiger partial charge in [0.25, 0.3) is 5.91 Å². The van der Waals surface area contributed by atoms with Crippen LogP contribution >= 0.6 is 11.3 Å². The van der Waals surface area contributed by atoms with Crippen LogP contribution in [0.2, 0.25) is 0 Å². The van der Waals surface area contributed by atoms with E-state index in [4.69, 9.17) is 14.5 Å². The van der Waals surface area contributed by atoms with Crippen molar-refractivity contribution in [1.82, 2.24) is 9.97 Å². The van der Waals surface area contributed by atoms with Crippen LogP contribution in [0, 0.1) is 6.92 Å². The first-order chi connectivity index (χ1) is 17.6. The van der Waals surface area contributed by atoms with E-state index in [9.17, 15) is 4.79 Å². The van der Waals surface area contributed by atoms with Gasteiger partial charge in [0, 0.05) is 23.7 Å². The lowest BCUT2D eigenvalue weighted by atomic mass is 10.1. The number of ether oxygens (including phenoxy) is 2. The Hall–Kier alpha value is -3.71. The summed E-state index contributed by atoms with van der Waals surface area (Å²) in [5, 5.41) is 2.89. The average molecular weight is 500 g/mol. The zero-order valence-corrected chi connectivity index (χ0v) is 21.3. The molecule has 0 saturated carbocycles. The lowest BCUT2D eigenvalue weighted by Crippen LogP contribution is -2.46. The maximum Gasteiger partial charge on any atom is 0.268 e. The van der Waals surface area contributed by atoms with Crippen LogP contribution in [0.25, 0.3) is 22.0 Å². The molecule has 0 aliphatic carbocycles. The smallest absolute Gasteiger partial charge is 0.268 e. The lowest BCUT2D eigenvalue weighted by molar-refractivity contribution is -0.126. The maximum atomic E-state index is 13.2. The Morgan fingerprint density at radius 1 is 1.06 bits per heavy atom. The highest BCUT2D eigenvalue weighted by atomic mass is 32.1. The van der Waals surface area contributed by atoms with E-state index < -0.39 is 6.10 Å². The molecule has 1 aliphatic heterocycles. The molecule has 0 fully saturated rings. The molecule has 3 heterocycles. The quantitative estimate of drug-likeness (QED) is 0.245. The van der Waals surface area contributed by atoms with Crippen molar-refractivity contribution in [3.8, 4) is 33.5 Å². The van der Waals surface area contributed by atoms with Gasteiger partial charge in [-0.05, 0) is 68.1 Å². The second-order valence-corrected chi connectivity index (χ2v) is 9.62. The number of benzene rings is 2. The van der Waals surface area contributed by atoms with Gasteiger partial charge in [-0.1, -0.05) is 31.2 Å². The van der Waals surface area contributed by atoms with Crippen LogP contribution in [0.15, 0.2) is 72.2 Å². The van der Waals surface area contributed by atoms with Crippen LogP contribution in [0.3, 0.4) is 0 Å². The fourth-order valence-electron chi connectivity index (χ4n) is 4.26. The van der Waals surface area contributed by atoms with E-state index in [0.717, 1.165) is 57.6 Å². The Labute approximate surface area is 215 Å². The monoisotopic (exact) mass is 499 g/mol. The molecule has 0 spiro atoms. The van der Waals surface area contributed by atoms with Crippen LogP contribution in [0.4, 0.5) is 5.69 Å². The van der Waals surface area contributed by atoms with Gasteiger partial charge in [0.2, 0.25) is 0 Å². The number of aryl methyl sites for hydroxylation is 1. The van der Waals surface area contributed by atoms with Gasteiger partial charge < -0.3 is 14.4 Å². The third-order valence-electron chi connectivity index (χ3n) is 6.24. The average Bonchev–Trinajstić information content (AvgIpc) is 3.41. The van der Waals surface area contributed by atoms with E-state index in [0.29, 0.717) is 19.6 Å². The minimum Gasteiger partial charge on any atom is -0.493 e. The van der Waals surface area contributed by atoms with Gasteiger partial charge in [-0.3, -0.25) is 9.78 Å². The fraction of sp³-hybridized carbons (Fsp3) is 0.276. The Morgan fingerprint density at radius 3 is 2.72 bits per heavy atom. The number of rotatable bonds is 9. The molecule has 0 bridgehead atoms. The van der Waals surface area contributed by atoms with E-state index in [1.165, 1.54) is 0 Å². The van der Waals surface area contributed by atoms with Crippen LogP contribution in [0.1, 0.15) is 31.7 Å². The molecule has 1 aliphatic rings. The third-order valence-corrected chi connectivity index (χ3v) is 7.11. The first kappa shape index (κ1) is 24.0. The summed E-state index contributed by atoms with van der Waals surface area (Å²) in [6.07, 6.45) is 3.63. The van der Waals surface area contributed by atoms with Crippen molar-refractivity contribution in [2.75, 3.05) is 18.1 Å². The first-order valence-electron chi connectivity index (χ1n) is 12.3. The Balaban J connectivity index is 1.31. The number of hydrogen-bond acceptors (Lipinski definition) is 6. The van der Waals surface area contributed by atoms with E-state index in [1.54, 1.807) is 17.5 Å². The number of unbranched alkanes of at least 4 members (excludes halogenated alkanes) is 1. The van der Waals surface area contributed by atoms with E-state index >= 15 is 0 Å². The molecule has 7 heteroatoms. The van der Waals surface area contributed by atoms with E-state index in [1.807, 2.05) is 84.8 Å². The number of pyridine rings is 1. The molecule has 0 saturated heterocycles. The van der Waals surface area contributed by atoms with Gasteiger partial charge in [-0.25, -0.2) is 4.98 Å². The highest BCUT2D eigenvalue weighted by Crippen LogP contribution is 2.39. The summed E-state index contributed by atoms with van der Waals surface area (Å²) in [6.45, 7) is 5.25. The largest absolute Gasteiger partial charge is 0.493 e. The second kappa shape index (κ2) is 10.9. The fourth-order valence-corrected chi connectivity index (χ4v) is 5.06. The number of carbonyl (C=O) groups is 1. The summed E-state index contributed by atoms with van der Waals surface area (Å²) in [4.78, 5) is 24.3. The molecule has 0 N–H and O–H groups in total. The summed E-state index contributed by atoms with van der Waals surface area (Å²) in [7, 11) is 0. The third kappa shape index (κ3) is 5.11. The van der Waals surface area contributed by atoms with Crippen molar-refractivity contribution in [3.05, 3.63) is 77.8 Å². The van der Waals surface area contributed by atoms with Gasteiger partial charge in [0.05, 0.1) is 23.7 Å². The first-order valence-corrected chi connectivity index (χ1v) is 13.2. The standard InChI is InChI=1S/C29H29N3O3S/c1-3-25-29(33)32(16-8-9-17-34-26-12-5-4-10-20(26)2)24-18-21(13-14-27(24)35-25)23-19-36-28(31-23)22-11-6-7-15-30-22/h4-7,10-15,18-19,25H,3,8-9,16-17H2,1-2H3. The highest BCUT2D eigenvalue weighted by molar-refractivity contribution is 7.13. The van der Waals surface area contributed by atoms with Crippen LogP contribution in [-0.4, -0.2) is 35.1 Å². The van der Waals surface area contributed by atoms with E-state index in [-0.39, 0.29) is 5.91 Å². The molecule has 1 amide bonds. The zero-order chi connectivity index (χ0) is 24.9. The summed E-state index contributed by atoms with van der Waals surface area (Å²) in [5.41, 5.74) is 4.59. The van der Waals surface area contributed by atoms with Crippen LogP contribution in [0.5, 0.6) is 11.5 Å². The van der Waals surface area contributed by atoms with Gasteiger partial charge in [0.15, 0.2) is 6.10 Å². The molecule has 5 rings (SSSR count). The topological polar surface area (TPSA) is 64.6 Å². The molecule has 2 aromatic heterocycles. The SMILES string of the molecule is CCC1Oc2ccc(-c3csc(-c4ccccn4)n3)cc2N(CCCCOc2ccccc2C)C1=O. The van der Waals surface area contributed by atoms with Crippen LogP contribution < -0.4 is 14.4 Å². The predicted octanol–water partition coefficient (Wildman–Crippen LogP) is 6.54. The zero-order valence-electron chi connectivity index (χ0n) is 20.5. The minimum atomic E-state index is -0.457. The van der Waals surface area contributed by atoms with Gasteiger partial charge in [-0.2, -0.15) is 0 Å². The molecule has 36 heavy (non-hydrogen) atoms. The number of thiazole rings is 1. The number of fused-ring (bicyclic) bond motifs is 1. The van der Waals surface area contributed by atoms with Crippen molar-refractivity contribution in [3.63, 3.8) is 0 Å². The molecule has 1 unspecified atom stereocenters. The maximum absolute atomic E-state index is 13.2. The Morgan fingerprint density at radius 2 is 1.92 bits per heavy atom. The van der Waals surface area contributed by atoms with Crippen molar-refractivity contribution >= 4 is 22.9 Å². The molecule has 6 nitrogen and oxygen atoms in total. The van der Waals surface area contributed by atoms with Crippen molar-refractivity contribution < 1.29 is 14.3 Å². The molecule has 0 radical (unpaired) electrons. The Bertz CT molecular complexity index is 1340. The number of aromatic nitrogens is 2. The number of anilines is 1. The summed E-state index contributed by atoms with van der Waals surface area (Å²) in [6, 6.07) is 19.8. The molecule has 1 atom stereocenters. The molecule has 184 valence electrons. The van der Waals surface area contributed by atoms with Gasteiger partial charge >= 0.3 is 0 Å².